The van der Waals surface area contributed by atoms with Crippen molar-refractivity contribution in [1.29, 1.82) is 0 Å². The molecule has 1 amide bonds. The third kappa shape index (κ3) is 4.38. The molecule has 0 fully saturated rings. The lowest BCUT2D eigenvalue weighted by molar-refractivity contribution is -0.119. The number of carbonyl (C=O) groups excluding carboxylic acids is 1. The van der Waals surface area contributed by atoms with Crippen LogP contribution < -0.4 is 15.6 Å². The summed E-state index contributed by atoms with van der Waals surface area (Å²) in [6, 6.07) is 9.05. The molecule has 0 saturated carbocycles. The molecule has 0 saturated heterocycles. The molecule has 0 bridgehead atoms. The maximum atomic E-state index is 12.3. The molecular formula is C17H16N6O4S. The number of rotatable bonds is 6. The Morgan fingerprint density at radius 1 is 1.04 bits per heavy atom. The lowest BCUT2D eigenvalue weighted by Gasteiger charge is -2.14. The number of anilines is 2. The zero-order valence-corrected chi connectivity index (χ0v) is 15.5. The largest absolute Gasteiger partial charge is 0.324 e. The Kier molecular flexibility index (Phi) is 5.45. The Morgan fingerprint density at radius 2 is 1.71 bits per heavy atom. The Balaban J connectivity index is 1.71. The van der Waals surface area contributed by atoms with E-state index in [9.17, 15) is 18.0 Å². The summed E-state index contributed by atoms with van der Waals surface area (Å²) in [7, 11) is -3.87. The SMILES string of the molecule is CC(C(=O)Nc1ccc(S(=O)(=O)Nc2ncccn2)cc1)n1ncccc1=O. The molecule has 1 atom stereocenters. The van der Waals surface area contributed by atoms with Crippen molar-refractivity contribution < 1.29 is 13.2 Å². The highest BCUT2D eigenvalue weighted by Gasteiger charge is 2.18. The van der Waals surface area contributed by atoms with E-state index in [1.165, 1.54) is 61.9 Å². The number of sulfonamides is 1. The van der Waals surface area contributed by atoms with Crippen molar-refractivity contribution in [1.82, 2.24) is 19.7 Å². The number of nitrogens with one attached hydrogen (secondary N) is 2. The number of nitrogens with zero attached hydrogens (tertiary/aromatic N) is 4. The summed E-state index contributed by atoms with van der Waals surface area (Å²) in [5.74, 6) is -0.512. The molecule has 2 heterocycles. The van der Waals surface area contributed by atoms with Gasteiger partial charge in [0.05, 0.1) is 4.90 Å². The molecule has 11 heteroatoms. The van der Waals surface area contributed by atoms with Crippen LogP contribution in [0.4, 0.5) is 11.6 Å². The number of hydrogen-bond donors (Lipinski definition) is 2. The Morgan fingerprint density at radius 3 is 2.36 bits per heavy atom. The van der Waals surface area contributed by atoms with Crippen LogP contribution in [0.2, 0.25) is 0 Å². The summed E-state index contributed by atoms with van der Waals surface area (Å²) in [5, 5.41) is 6.49. The quantitative estimate of drug-likeness (QED) is 0.631. The summed E-state index contributed by atoms with van der Waals surface area (Å²) in [6.45, 7) is 1.53. The number of benzene rings is 1. The molecule has 0 aliphatic heterocycles. The first-order valence-corrected chi connectivity index (χ1v) is 9.60. The highest BCUT2D eigenvalue weighted by atomic mass is 32.2. The molecule has 1 aromatic carbocycles. The molecular weight excluding hydrogens is 384 g/mol. The van der Waals surface area contributed by atoms with E-state index in [-0.39, 0.29) is 10.8 Å². The van der Waals surface area contributed by atoms with Gasteiger partial charge in [-0.1, -0.05) is 0 Å². The van der Waals surface area contributed by atoms with Crippen LogP contribution in [0.1, 0.15) is 13.0 Å². The predicted octanol–water partition coefficient (Wildman–Crippen LogP) is 1.03. The van der Waals surface area contributed by atoms with Gasteiger partial charge in [-0.15, -0.1) is 0 Å². The first-order valence-electron chi connectivity index (χ1n) is 8.11. The summed E-state index contributed by atoms with van der Waals surface area (Å²) in [4.78, 5) is 31.7. The van der Waals surface area contributed by atoms with E-state index in [4.69, 9.17) is 0 Å². The van der Waals surface area contributed by atoms with Crippen LogP contribution in [-0.4, -0.2) is 34.1 Å². The highest BCUT2D eigenvalue weighted by Crippen LogP contribution is 2.17. The monoisotopic (exact) mass is 400 g/mol. The number of amides is 1. The van der Waals surface area contributed by atoms with Crippen LogP contribution in [0.25, 0.3) is 0 Å². The summed E-state index contributed by atoms with van der Waals surface area (Å²) < 4.78 is 28.0. The molecule has 2 N–H and O–H groups in total. The normalized spacial score (nSPS) is 12.2. The molecule has 1 unspecified atom stereocenters. The average Bonchev–Trinajstić information content (AvgIpc) is 2.68. The van der Waals surface area contributed by atoms with Gasteiger partial charge in [0, 0.05) is 30.3 Å². The van der Waals surface area contributed by atoms with Crippen molar-refractivity contribution in [2.75, 3.05) is 10.0 Å². The van der Waals surface area contributed by atoms with Gasteiger partial charge < -0.3 is 5.32 Å². The van der Waals surface area contributed by atoms with Crippen LogP contribution in [0.3, 0.4) is 0 Å². The van der Waals surface area contributed by atoms with Crippen molar-refractivity contribution in [3.05, 3.63) is 71.4 Å². The van der Waals surface area contributed by atoms with E-state index in [0.717, 1.165) is 4.68 Å². The second kappa shape index (κ2) is 7.96. The van der Waals surface area contributed by atoms with Crippen molar-refractivity contribution in [3.63, 3.8) is 0 Å². The van der Waals surface area contributed by atoms with E-state index < -0.39 is 27.5 Å². The molecule has 28 heavy (non-hydrogen) atoms. The van der Waals surface area contributed by atoms with Gasteiger partial charge >= 0.3 is 0 Å². The molecule has 144 valence electrons. The number of hydrogen-bond acceptors (Lipinski definition) is 7. The first kappa shape index (κ1) is 19.2. The van der Waals surface area contributed by atoms with E-state index in [1.807, 2.05) is 0 Å². The maximum Gasteiger partial charge on any atom is 0.267 e. The maximum absolute atomic E-state index is 12.3. The highest BCUT2D eigenvalue weighted by molar-refractivity contribution is 7.92. The van der Waals surface area contributed by atoms with E-state index in [2.05, 4.69) is 25.1 Å². The van der Waals surface area contributed by atoms with Crippen LogP contribution in [0.5, 0.6) is 0 Å². The first-order chi connectivity index (χ1) is 13.4. The van der Waals surface area contributed by atoms with Gasteiger partial charge in [0.25, 0.3) is 15.6 Å². The topological polar surface area (TPSA) is 136 Å². The summed E-state index contributed by atoms with van der Waals surface area (Å²) in [6.07, 6.45) is 4.24. The number of aromatic nitrogens is 4. The van der Waals surface area contributed by atoms with Gasteiger partial charge in [-0.3, -0.25) is 9.59 Å². The second-order valence-corrected chi connectivity index (χ2v) is 7.36. The smallest absolute Gasteiger partial charge is 0.267 e. The Labute approximate surface area is 160 Å². The van der Waals surface area contributed by atoms with Gasteiger partial charge in [0.1, 0.15) is 6.04 Å². The molecule has 2 aromatic heterocycles. The fraction of sp³-hybridized carbons (Fsp3) is 0.118. The Bertz CT molecular complexity index is 1130. The average molecular weight is 400 g/mol. The van der Waals surface area contributed by atoms with Crippen molar-refractivity contribution >= 4 is 27.6 Å². The van der Waals surface area contributed by atoms with E-state index >= 15 is 0 Å². The van der Waals surface area contributed by atoms with Crippen LogP contribution in [0.15, 0.2) is 70.7 Å². The zero-order valence-electron chi connectivity index (χ0n) is 14.7. The molecule has 0 spiro atoms. The summed E-state index contributed by atoms with van der Waals surface area (Å²) >= 11 is 0. The van der Waals surface area contributed by atoms with Gasteiger partial charge in [-0.2, -0.15) is 5.10 Å². The minimum absolute atomic E-state index is 0.0213. The summed E-state index contributed by atoms with van der Waals surface area (Å²) in [5.41, 5.74) is -0.0310. The Hall–Kier alpha value is -3.60. The van der Waals surface area contributed by atoms with Crippen LogP contribution >= 0.6 is 0 Å². The minimum Gasteiger partial charge on any atom is -0.324 e. The fourth-order valence-corrected chi connectivity index (χ4v) is 3.22. The van der Waals surface area contributed by atoms with Gasteiger partial charge in [0.2, 0.25) is 11.9 Å². The van der Waals surface area contributed by atoms with E-state index in [1.54, 1.807) is 6.07 Å². The molecule has 0 radical (unpaired) electrons. The third-order valence-corrected chi connectivity index (χ3v) is 5.06. The molecule has 3 rings (SSSR count). The molecule has 3 aromatic rings. The number of carbonyl (C=O) groups is 1. The molecule has 0 aliphatic carbocycles. The molecule has 0 aliphatic rings. The van der Waals surface area contributed by atoms with Gasteiger partial charge in [-0.05, 0) is 43.3 Å². The predicted molar refractivity (Wildman–Crippen MR) is 101 cm³/mol. The van der Waals surface area contributed by atoms with Crippen LogP contribution in [0, 0.1) is 0 Å². The van der Waals surface area contributed by atoms with Crippen molar-refractivity contribution in [2.45, 2.75) is 17.9 Å². The van der Waals surface area contributed by atoms with Crippen molar-refractivity contribution in [2.24, 2.45) is 0 Å². The fourth-order valence-electron chi connectivity index (χ4n) is 2.27. The second-order valence-electron chi connectivity index (χ2n) is 5.67. The van der Waals surface area contributed by atoms with Gasteiger partial charge in [0.15, 0.2) is 0 Å². The van der Waals surface area contributed by atoms with E-state index in [0.29, 0.717) is 5.69 Å². The lowest BCUT2D eigenvalue weighted by atomic mass is 10.2. The lowest BCUT2D eigenvalue weighted by Crippen LogP contribution is -2.32. The van der Waals surface area contributed by atoms with Crippen LogP contribution in [-0.2, 0) is 14.8 Å². The zero-order chi connectivity index (χ0) is 20.1. The minimum atomic E-state index is -3.87. The van der Waals surface area contributed by atoms with Gasteiger partial charge in [-0.25, -0.2) is 27.8 Å². The van der Waals surface area contributed by atoms with Crippen molar-refractivity contribution in [3.8, 4) is 0 Å². The molecule has 10 nitrogen and oxygen atoms in total. The standard InChI is InChI=1S/C17H16N6O4S/c1-12(23-15(24)4-2-11-20-23)16(25)21-13-5-7-14(8-6-13)28(26,27)22-17-18-9-3-10-19-17/h2-12H,1H3,(H,21,25)(H,18,19,22). The third-order valence-electron chi connectivity index (χ3n) is 3.71.